The fraction of sp³-hybridized carbons (Fsp3) is 0.625. The van der Waals surface area contributed by atoms with Crippen LogP contribution in [0.1, 0.15) is 54.4 Å². The topological polar surface area (TPSA) is 73.7 Å². The van der Waals surface area contributed by atoms with Crippen molar-refractivity contribution in [1.82, 2.24) is 0 Å². The Morgan fingerprint density at radius 2 is 2.00 bits per heavy atom. The molecule has 0 radical (unpaired) electrons. The van der Waals surface area contributed by atoms with Crippen LogP contribution in [0.5, 0.6) is 0 Å². The predicted molar refractivity (Wildman–Crippen MR) is 85.1 cm³/mol. The van der Waals surface area contributed by atoms with Crippen molar-refractivity contribution in [1.29, 1.82) is 0 Å². The number of fused-ring (bicyclic) bond motifs is 1. The van der Waals surface area contributed by atoms with Gasteiger partial charge in [-0.15, -0.1) is 11.3 Å². The zero-order valence-electron chi connectivity index (χ0n) is 13.5. The first kappa shape index (κ1) is 17.0. The highest BCUT2D eigenvalue weighted by Gasteiger charge is 2.28. The minimum absolute atomic E-state index is 0.0773. The van der Waals surface area contributed by atoms with Crippen molar-refractivity contribution in [3.05, 3.63) is 16.0 Å². The Kier molecular flexibility index (Phi) is 5.58. The third kappa shape index (κ3) is 3.33. The Morgan fingerprint density at radius 1 is 1.32 bits per heavy atom. The van der Waals surface area contributed by atoms with Gasteiger partial charge in [-0.1, -0.05) is 13.8 Å². The highest BCUT2D eigenvalue weighted by atomic mass is 32.1. The molecular weight excluding hydrogens is 300 g/mol. The molecule has 2 N–H and O–H groups in total. The fourth-order valence-corrected chi connectivity index (χ4v) is 4.33. The van der Waals surface area contributed by atoms with Gasteiger partial charge in [0.2, 0.25) is 5.91 Å². The lowest BCUT2D eigenvalue weighted by Gasteiger charge is -2.23. The van der Waals surface area contributed by atoms with Gasteiger partial charge in [0, 0.05) is 17.9 Å². The average molecular weight is 324 g/mol. The summed E-state index contributed by atoms with van der Waals surface area (Å²) >= 11 is 1.40. The number of quaternary nitrogens is 1. The molecule has 122 valence electrons. The molecule has 1 aromatic heterocycles. The second-order valence-corrected chi connectivity index (χ2v) is 6.88. The van der Waals surface area contributed by atoms with Gasteiger partial charge in [0.15, 0.2) is 0 Å². The zero-order valence-corrected chi connectivity index (χ0v) is 14.3. The minimum atomic E-state index is -1.18. The Balaban J connectivity index is 2.30. The Hall–Kier alpha value is -1.40. The van der Waals surface area contributed by atoms with Crippen molar-refractivity contribution in [3.63, 3.8) is 0 Å². The predicted octanol–water partition coefficient (Wildman–Crippen LogP) is 0.447. The summed E-state index contributed by atoms with van der Waals surface area (Å²) in [4.78, 5) is 26.3. The van der Waals surface area contributed by atoms with E-state index in [2.05, 4.69) is 12.2 Å². The smallest absolute Gasteiger partial charge is 0.228 e. The van der Waals surface area contributed by atoms with Crippen LogP contribution in [-0.2, 0) is 17.8 Å². The second-order valence-electron chi connectivity index (χ2n) is 5.78. The molecule has 1 aromatic rings. The van der Waals surface area contributed by atoms with Gasteiger partial charge in [-0.3, -0.25) is 4.79 Å². The van der Waals surface area contributed by atoms with Crippen molar-refractivity contribution < 1.29 is 19.6 Å². The quantitative estimate of drug-likeness (QED) is 0.798. The molecule has 2 heterocycles. The van der Waals surface area contributed by atoms with Gasteiger partial charge in [-0.25, -0.2) is 0 Å². The van der Waals surface area contributed by atoms with Crippen LogP contribution in [-0.4, -0.2) is 25.0 Å². The largest absolute Gasteiger partial charge is 0.545 e. The number of thiophene rings is 1. The third-order valence-electron chi connectivity index (χ3n) is 4.53. The van der Waals surface area contributed by atoms with E-state index >= 15 is 0 Å². The van der Waals surface area contributed by atoms with Gasteiger partial charge < -0.3 is 20.1 Å². The van der Waals surface area contributed by atoms with Crippen LogP contribution in [0.2, 0.25) is 0 Å². The second kappa shape index (κ2) is 7.24. The van der Waals surface area contributed by atoms with Crippen molar-refractivity contribution in [2.75, 3.05) is 18.4 Å². The maximum Gasteiger partial charge on any atom is 0.228 e. The number of rotatable bonds is 6. The summed E-state index contributed by atoms with van der Waals surface area (Å²) < 4.78 is 0. The van der Waals surface area contributed by atoms with Gasteiger partial charge in [0.25, 0.3) is 0 Å². The number of aromatic carboxylic acids is 1. The molecule has 6 heteroatoms. The number of hydrogen-bond donors (Lipinski definition) is 2. The minimum Gasteiger partial charge on any atom is -0.545 e. The number of amides is 1. The zero-order chi connectivity index (χ0) is 16.3. The van der Waals surface area contributed by atoms with E-state index < -0.39 is 5.97 Å². The monoisotopic (exact) mass is 324 g/mol. The Bertz CT molecular complexity index is 564. The van der Waals surface area contributed by atoms with Crippen LogP contribution in [0.25, 0.3) is 0 Å². The van der Waals surface area contributed by atoms with E-state index in [1.165, 1.54) is 16.2 Å². The lowest BCUT2D eigenvalue weighted by molar-refractivity contribution is -0.913. The molecule has 0 fully saturated rings. The molecule has 0 spiro atoms. The Labute approximate surface area is 135 Å². The molecule has 2 rings (SSSR count). The van der Waals surface area contributed by atoms with E-state index in [0.717, 1.165) is 49.3 Å². The molecule has 0 saturated heterocycles. The molecule has 1 unspecified atom stereocenters. The van der Waals surface area contributed by atoms with Crippen molar-refractivity contribution in [2.45, 2.75) is 46.6 Å². The lowest BCUT2D eigenvalue weighted by atomic mass is 10.0. The molecule has 0 saturated carbocycles. The highest BCUT2D eigenvalue weighted by molar-refractivity contribution is 7.16. The van der Waals surface area contributed by atoms with E-state index in [1.807, 2.05) is 13.8 Å². The van der Waals surface area contributed by atoms with Gasteiger partial charge in [-0.05, 0) is 25.3 Å². The molecule has 1 atom stereocenters. The summed E-state index contributed by atoms with van der Waals surface area (Å²) in [6, 6.07) is 0. The summed E-state index contributed by atoms with van der Waals surface area (Å²) in [5, 5.41) is 14.8. The summed E-state index contributed by atoms with van der Waals surface area (Å²) in [7, 11) is 0. The lowest BCUT2D eigenvalue weighted by Crippen LogP contribution is -3.11. The SMILES string of the molecule is CCC(CC)C(=O)Nc1sc2c(c1C(=O)[O-])CC[NH+](CC)C2. The maximum absolute atomic E-state index is 12.3. The average Bonchev–Trinajstić information content (AvgIpc) is 2.85. The summed E-state index contributed by atoms with van der Waals surface area (Å²) in [6.07, 6.45) is 2.24. The number of carboxylic acids is 1. The van der Waals surface area contributed by atoms with Gasteiger partial charge >= 0.3 is 0 Å². The molecule has 0 aromatic carbocycles. The molecule has 1 aliphatic rings. The molecule has 22 heavy (non-hydrogen) atoms. The number of carbonyl (C=O) groups is 2. The molecule has 0 bridgehead atoms. The van der Waals surface area contributed by atoms with Crippen LogP contribution >= 0.6 is 11.3 Å². The van der Waals surface area contributed by atoms with E-state index in [4.69, 9.17) is 0 Å². The van der Waals surface area contributed by atoms with Crippen molar-refractivity contribution >= 4 is 28.2 Å². The highest BCUT2D eigenvalue weighted by Crippen LogP contribution is 2.34. The molecule has 5 nitrogen and oxygen atoms in total. The van der Waals surface area contributed by atoms with E-state index in [-0.39, 0.29) is 17.4 Å². The van der Waals surface area contributed by atoms with Crippen LogP contribution < -0.4 is 15.3 Å². The van der Waals surface area contributed by atoms with Crippen LogP contribution in [0, 0.1) is 5.92 Å². The van der Waals surface area contributed by atoms with E-state index in [1.54, 1.807) is 0 Å². The first-order chi connectivity index (χ1) is 10.5. The fourth-order valence-electron chi connectivity index (χ4n) is 3.02. The number of anilines is 1. The van der Waals surface area contributed by atoms with E-state index in [9.17, 15) is 14.7 Å². The van der Waals surface area contributed by atoms with Crippen LogP contribution in [0.3, 0.4) is 0 Å². The number of hydrogen-bond acceptors (Lipinski definition) is 4. The van der Waals surface area contributed by atoms with E-state index in [0.29, 0.717) is 5.00 Å². The number of carbonyl (C=O) groups excluding carboxylic acids is 2. The standard InChI is InChI=1S/C16H24N2O3S/c1-4-10(5-2)14(19)17-15-13(16(20)21)11-7-8-18(6-3)9-12(11)22-15/h10H,4-9H2,1-3H3,(H,17,19)(H,20,21). The summed E-state index contributed by atoms with van der Waals surface area (Å²) in [6.45, 7) is 8.85. The number of nitrogens with one attached hydrogen (secondary N) is 2. The first-order valence-corrected chi connectivity index (χ1v) is 8.83. The third-order valence-corrected chi connectivity index (χ3v) is 5.67. The molecular formula is C16H24N2O3S. The van der Waals surface area contributed by atoms with Crippen LogP contribution in [0.15, 0.2) is 0 Å². The van der Waals surface area contributed by atoms with Crippen molar-refractivity contribution in [2.24, 2.45) is 5.92 Å². The normalized spacial score (nSPS) is 17.4. The molecule has 1 aliphatic heterocycles. The molecule has 1 amide bonds. The number of likely N-dealkylation sites (N-methyl/N-ethyl adjacent to an activating group) is 1. The molecule has 0 aliphatic carbocycles. The van der Waals surface area contributed by atoms with Gasteiger partial charge in [0.05, 0.1) is 23.9 Å². The van der Waals surface area contributed by atoms with Gasteiger partial charge in [-0.2, -0.15) is 0 Å². The maximum atomic E-state index is 12.3. The summed E-state index contributed by atoms with van der Waals surface area (Å²) in [5.41, 5.74) is 1.07. The summed E-state index contributed by atoms with van der Waals surface area (Å²) in [5.74, 6) is -1.35. The Morgan fingerprint density at radius 3 is 2.55 bits per heavy atom. The van der Waals surface area contributed by atoms with Crippen molar-refractivity contribution in [3.8, 4) is 0 Å². The van der Waals surface area contributed by atoms with Crippen LogP contribution in [0.4, 0.5) is 5.00 Å². The van der Waals surface area contributed by atoms with Gasteiger partial charge in [0.1, 0.15) is 11.5 Å². The number of carboxylic acid groups (broad SMARTS) is 1. The first-order valence-electron chi connectivity index (χ1n) is 8.01.